The van der Waals surface area contributed by atoms with Gasteiger partial charge in [-0.2, -0.15) is 33.7 Å². The smallest absolute Gasteiger partial charge is 0.296 e. The van der Waals surface area contributed by atoms with Crippen LogP contribution in [0.4, 0.5) is 5.69 Å². The second-order valence-corrected chi connectivity index (χ2v) is 10.6. The molecule has 0 fully saturated rings. The van der Waals surface area contributed by atoms with Crippen molar-refractivity contribution < 1.29 is 51.9 Å². The van der Waals surface area contributed by atoms with Crippen LogP contribution in [0.15, 0.2) is 37.8 Å². The van der Waals surface area contributed by atoms with Crippen LogP contribution < -0.4 is 5.73 Å². The molecule has 0 saturated heterocycles. The van der Waals surface area contributed by atoms with Crippen LogP contribution in [0, 0.1) is 0 Å². The molecule has 0 amide bonds. The molecule has 0 saturated carbocycles. The highest BCUT2D eigenvalue weighted by atomic mass is 32.2. The zero-order valence-electron chi connectivity index (χ0n) is 12.5. The highest BCUT2D eigenvalue weighted by Crippen LogP contribution is 2.37. The van der Waals surface area contributed by atoms with Gasteiger partial charge < -0.3 is 5.73 Å². The molecule has 2 aromatic carbocycles. The van der Waals surface area contributed by atoms with Crippen molar-refractivity contribution in [2.75, 3.05) is 5.73 Å². The maximum atomic E-state index is 11.6. The van der Waals surface area contributed by atoms with E-state index in [1.165, 1.54) is 0 Å². The highest BCUT2D eigenvalue weighted by molar-refractivity contribution is 7.89. The molecule has 0 unspecified atom stereocenters. The molecule has 0 bridgehead atoms. The fraction of sp³-hybridized carbons (Fsp3) is 0. The maximum Gasteiger partial charge on any atom is 0.296 e. The lowest BCUT2D eigenvalue weighted by molar-refractivity contribution is 0.466. The summed E-state index contributed by atoms with van der Waals surface area (Å²) in [5.74, 6) is 0. The van der Waals surface area contributed by atoms with Crippen LogP contribution in [-0.4, -0.2) is 51.9 Å². The molecule has 0 spiro atoms. The predicted molar refractivity (Wildman–Crippen MR) is 87.6 cm³/mol. The van der Waals surface area contributed by atoms with Crippen LogP contribution in [0.1, 0.15) is 0 Å². The van der Waals surface area contributed by atoms with Crippen molar-refractivity contribution in [1.82, 2.24) is 0 Å². The Morgan fingerprint density at radius 1 is 0.556 bits per heavy atom. The molecule has 0 aliphatic rings. The first-order valence-corrected chi connectivity index (χ1v) is 11.9. The van der Waals surface area contributed by atoms with E-state index in [-0.39, 0.29) is 6.07 Å². The molecule has 2 rings (SSSR count). The Morgan fingerprint density at radius 3 is 1.26 bits per heavy atom. The minimum Gasteiger partial charge on any atom is -0.398 e. The van der Waals surface area contributed by atoms with Gasteiger partial charge in [0, 0.05) is 16.5 Å². The summed E-state index contributed by atoms with van der Waals surface area (Å²) in [6.07, 6.45) is 0. The highest BCUT2D eigenvalue weighted by Gasteiger charge is 2.32. The summed E-state index contributed by atoms with van der Waals surface area (Å²) < 4.78 is 129. The van der Waals surface area contributed by atoms with Crippen LogP contribution in [0.2, 0.25) is 0 Å². The molecule has 150 valence electrons. The average Bonchev–Trinajstić information content (AvgIpc) is 2.41. The van der Waals surface area contributed by atoms with E-state index in [1.54, 1.807) is 0 Å². The normalized spacial score (nSPS) is 13.8. The molecular formula is C10H9NO12S4. The van der Waals surface area contributed by atoms with Crippen LogP contribution in [0.5, 0.6) is 0 Å². The van der Waals surface area contributed by atoms with Gasteiger partial charge >= 0.3 is 0 Å². The SMILES string of the molecule is Nc1cc(S(=O)(=O)O)c(S(=O)(=O)O)c2cc(S(=O)(=O)O)c(S(=O)(=O)O)cc12. The summed E-state index contributed by atoms with van der Waals surface area (Å²) in [6, 6.07) is 0.856. The molecule has 0 aliphatic carbocycles. The van der Waals surface area contributed by atoms with Crippen molar-refractivity contribution in [1.29, 1.82) is 0 Å². The van der Waals surface area contributed by atoms with Gasteiger partial charge in [-0.15, -0.1) is 0 Å². The van der Waals surface area contributed by atoms with Crippen LogP contribution in [-0.2, 0) is 40.5 Å². The molecule has 0 aliphatic heterocycles. The Hall–Kier alpha value is -1.86. The number of hydrogen-bond acceptors (Lipinski definition) is 9. The number of benzene rings is 2. The maximum absolute atomic E-state index is 11.6. The first kappa shape index (κ1) is 21.4. The molecule has 0 heterocycles. The Bertz CT molecular complexity index is 1400. The third-order valence-electron chi connectivity index (χ3n) is 3.24. The second-order valence-electron chi connectivity index (χ2n) is 5.04. The van der Waals surface area contributed by atoms with Crippen molar-refractivity contribution in [3.8, 4) is 0 Å². The fourth-order valence-corrected chi connectivity index (χ4v) is 6.07. The standard InChI is InChI=1S/C10H9NO12S4/c11-6-3-9(26(18,19)20)10(27(21,22)23)5-2-8(25(15,16)17)7(1-4(5)6)24(12,13)14/h1-3H,11H2,(H,12,13,14)(H,15,16,17)(H,18,19,20)(H,21,22,23). The van der Waals surface area contributed by atoms with Gasteiger partial charge in [-0.25, -0.2) is 0 Å². The molecule has 2 aromatic rings. The van der Waals surface area contributed by atoms with Gasteiger partial charge in [0.2, 0.25) is 0 Å². The van der Waals surface area contributed by atoms with E-state index in [1.807, 2.05) is 0 Å². The largest absolute Gasteiger partial charge is 0.398 e. The summed E-state index contributed by atoms with van der Waals surface area (Å²) in [7, 11) is -21.5. The molecule has 13 nitrogen and oxygen atoms in total. The lowest BCUT2D eigenvalue weighted by atomic mass is 10.1. The summed E-state index contributed by atoms with van der Waals surface area (Å²) >= 11 is 0. The number of anilines is 1. The monoisotopic (exact) mass is 463 g/mol. The van der Waals surface area contributed by atoms with Gasteiger partial charge in [0.15, 0.2) is 0 Å². The Labute approximate surface area is 152 Å². The Morgan fingerprint density at radius 2 is 0.926 bits per heavy atom. The second kappa shape index (κ2) is 6.07. The Balaban J connectivity index is 3.36. The molecule has 17 heteroatoms. The van der Waals surface area contributed by atoms with Crippen molar-refractivity contribution in [3.63, 3.8) is 0 Å². The fourth-order valence-electron chi connectivity index (χ4n) is 2.26. The van der Waals surface area contributed by atoms with Crippen molar-refractivity contribution in [2.45, 2.75) is 19.6 Å². The van der Waals surface area contributed by atoms with Gasteiger partial charge in [0.1, 0.15) is 19.6 Å². The van der Waals surface area contributed by atoms with Crippen molar-refractivity contribution >= 4 is 56.9 Å². The van der Waals surface area contributed by atoms with E-state index in [4.69, 9.17) is 14.8 Å². The lowest BCUT2D eigenvalue weighted by Gasteiger charge is -2.14. The molecular weight excluding hydrogens is 454 g/mol. The zero-order valence-corrected chi connectivity index (χ0v) is 15.8. The molecule has 0 atom stereocenters. The third kappa shape index (κ3) is 4.04. The van der Waals surface area contributed by atoms with Gasteiger partial charge in [0.25, 0.3) is 40.5 Å². The van der Waals surface area contributed by atoms with E-state index in [0.717, 1.165) is 0 Å². The van der Waals surface area contributed by atoms with E-state index < -0.39 is 76.5 Å². The van der Waals surface area contributed by atoms with Gasteiger partial charge in [0.05, 0.1) is 0 Å². The minimum atomic E-state index is -5.45. The molecule has 6 N–H and O–H groups in total. The van der Waals surface area contributed by atoms with E-state index >= 15 is 0 Å². The lowest BCUT2D eigenvalue weighted by Crippen LogP contribution is -2.13. The Kier molecular flexibility index (Phi) is 4.82. The topological polar surface area (TPSA) is 243 Å². The van der Waals surface area contributed by atoms with Gasteiger partial charge in [-0.1, -0.05) is 0 Å². The van der Waals surface area contributed by atoms with Crippen LogP contribution in [0.25, 0.3) is 10.8 Å². The van der Waals surface area contributed by atoms with E-state index in [0.29, 0.717) is 12.1 Å². The van der Waals surface area contributed by atoms with Crippen molar-refractivity contribution in [3.05, 3.63) is 18.2 Å². The van der Waals surface area contributed by atoms with E-state index in [2.05, 4.69) is 0 Å². The minimum absolute atomic E-state index is 0.155. The first-order chi connectivity index (χ1) is 11.8. The van der Waals surface area contributed by atoms with Crippen molar-refractivity contribution in [2.24, 2.45) is 0 Å². The van der Waals surface area contributed by atoms with E-state index in [9.17, 15) is 42.8 Å². The zero-order chi connectivity index (χ0) is 21.2. The summed E-state index contributed by atoms with van der Waals surface area (Å²) in [4.78, 5) is -5.89. The predicted octanol–water partition coefficient (Wildman–Crippen LogP) is -0.591. The van der Waals surface area contributed by atoms with Gasteiger partial charge in [-0.3, -0.25) is 18.2 Å². The molecule has 27 heavy (non-hydrogen) atoms. The molecule has 0 aromatic heterocycles. The molecule has 0 radical (unpaired) electrons. The number of fused-ring (bicyclic) bond motifs is 1. The summed E-state index contributed by atoms with van der Waals surface area (Å²) in [5.41, 5.74) is 4.83. The number of nitrogens with two attached hydrogens (primary N) is 1. The summed E-state index contributed by atoms with van der Waals surface area (Å²) in [6.45, 7) is 0. The average molecular weight is 463 g/mol. The number of nitrogen functional groups attached to an aromatic ring is 1. The summed E-state index contributed by atoms with van der Waals surface area (Å²) in [5, 5.41) is -1.60. The number of hydrogen-bond donors (Lipinski definition) is 5. The van der Waals surface area contributed by atoms with Crippen LogP contribution >= 0.6 is 0 Å². The number of rotatable bonds is 4. The van der Waals surface area contributed by atoms with Gasteiger partial charge in [-0.05, 0) is 18.2 Å². The quantitative estimate of drug-likeness (QED) is 0.281. The first-order valence-electron chi connectivity index (χ1n) is 6.15. The van der Waals surface area contributed by atoms with Crippen LogP contribution in [0.3, 0.4) is 0 Å². The third-order valence-corrected chi connectivity index (χ3v) is 7.12.